The first kappa shape index (κ1) is 12.6. The topological polar surface area (TPSA) is 38.0 Å². The summed E-state index contributed by atoms with van der Waals surface area (Å²) in [7, 11) is 0. The highest BCUT2D eigenvalue weighted by Gasteiger charge is 2.43. The van der Waals surface area contributed by atoms with Gasteiger partial charge in [0.05, 0.1) is 0 Å². The number of aromatic nitrogens is 2. The third-order valence-electron chi connectivity index (χ3n) is 4.13. The zero-order chi connectivity index (χ0) is 12.5. The lowest BCUT2D eigenvalue weighted by Gasteiger charge is -2.40. The summed E-state index contributed by atoms with van der Waals surface area (Å²) in [5.74, 6) is 1.76. The first-order chi connectivity index (χ1) is 8.08. The zero-order valence-electron chi connectivity index (χ0n) is 11.2. The molecule has 1 heterocycles. The second kappa shape index (κ2) is 4.81. The highest BCUT2D eigenvalue weighted by Crippen LogP contribution is 2.43. The summed E-state index contributed by atoms with van der Waals surface area (Å²) in [4.78, 5) is 4.43. The molecule has 0 amide bonds. The van der Waals surface area contributed by atoms with Crippen LogP contribution in [0.4, 0.5) is 0 Å². The third kappa shape index (κ3) is 2.25. The minimum absolute atomic E-state index is 0.303. The first-order valence-electron chi connectivity index (χ1n) is 6.82. The molecule has 0 bridgehead atoms. The van der Waals surface area contributed by atoms with Crippen LogP contribution in [0.25, 0.3) is 0 Å². The van der Waals surface area contributed by atoms with E-state index in [2.05, 4.69) is 30.3 Å². The van der Waals surface area contributed by atoms with Crippen LogP contribution >= 0.6 is 0 Å². The van der Waals surface area contributed by atoms with Crippen LogP contribution < -0.4 is 0 Å². The van der Waals surface area contributed by atoms with E-state index in [9.17, 15) is 5.11 Å². The Hall–Kier alpha value is -0.830. The van der Waals surface area contributed by atoms with Crippen molar-refractivity contribution < 1.29 is 5.11 Å². The van der Waals surface area contributed by atoms with Crippen LogP contribution in [0.2, 0.25) is 0 Å². The molecular formula is C14H24N2O. The second-order valence-corrected chi connectivity index (χ2v) is 5.66. The molecule has 96 valence electrons. The van der Waals surface area contributed by atoms with Gasteiger partial charge in [-0.15, -0.1) is 0 Å². The number of aryl methyl sites for hydroxylation is 1. The Morgan fingerprint density at radius 3 is 2.94 bits per heavy atom. The summed E-state index contributed by atoms with van der Waals surface area (Å²) >= 11 is 0. The molecule has 0 aromatic carbocycles. The van der Waals surface area contributed by atoms with Gasteiger partial charge in [-0.3, -0.25) is 0 Å². The molecule has 3 heteroatoms. The Bertz CT molecular complexity index is 374. The van der Waals surface area contributed by atoms with Crippen LogP contribution in [0.1, 0.15) is 52.3 Å². The standard InChI is InChI=1S/C14H24N2O/c1-4-8-16-9-7-15-13(16)14(17)10-11(2)5-6-12(14)3/h7,9,11-12,17H,4-6,8,10H2,1-3H3. The van der Waals surface area contributed by atoms with E-state index >= 15 is 0 Å². The van der Waals surface area contributed by atoms with E-state index in [1.165, 1.54) is 6.42 Å². The van der Waals surface area contributed by atoms with Gasteiger partial charge in [-0.2, -0.15) is 0 Å². The van der Waals surface area contributed by atoms with Crippen molar-refractivity contribution in [3.63, 3.8) is 0 Å². The summed E-state index contributed by atoms with van der Waals surface area (Å²) in [6.07, 6.45) is 8.03. The van der Waals surface area contributed by atoms with E-state index in [4.69, 9.17) is 0 Å². The SMILES string of the molecule is CCCn1ccnc1C1(O)CC(C)CCC1C. The van der Waals surface area contributed by atoms with Crippen molar-refractivity contribution in [2.75, 3.05) is 0 Å². The van der Waals surface area contributed by atoms with Crippen molar-refractivity contribution in [2.24, 2.45) is 11.8 Å². The molecule has 1 aromatic heterocycles. The van der Waals surface area contributed by atoms with E-state index in [0.717, 1.165) is 31.6 Å². The maximum atomic E-state index is 11.0. The lowest BCUT2D eigenvalue weighted by atomic mass is 9.71. The average Bonchev–Trinajstić information content (AvgIpc) is 2.73. The Morgan fingerprint density at radius 1 is 1.47 bits per heavy atom. The van der Waals surface area contributed by atoms with Gasteiger partial charge < -0.3 is 9.67 Å². The molecule has 1 aromatic rings. The Labute approximate surface area is 104 Å². The molecule has 0 aliphatic heterocycles. The fraction of sp³-hybridized carbons (Fsp3) is 0.786. The van der Waals surface area contributed by atoms with E-state index in [0.29, 0.717) is 11.8 Å². The first-order valence-corrected chi connectivity index (χ1v) is 6.82. The summed E-state index contributed by atoms with van der Waals surface area (Å²) in [5, 5.41) is 11.0. The maximum absolute atomic E-state index is 11.0. The summed E-state index contributed by atoms with van der Waals surface area (Å²) < 4.78 is 2.12. The number of imidazole rings is 1. The van der Waals surface area contributed by atoms with E-state index in [1.807, 2.05) is 12.4 Å². The highest BCUT2D eigenvalue weighted by atomic mass is 16.3. The smallest absolute Gasteiger partial charge is 0.141 e. The van der Waals surface area contributed by atoms with Crippen molar-refractivity contribution >= 4 is 0 Å². The molecule has 1 fully saturated rings. The van der Waals surface area contributed by atoms with Crippen molar-refractivity contribution in [2.45, 2.75) is 58.6 Å². The predicted molar refractivity (Wildman–Crippen MR) is 68.6 cm³/mol. The van der Waals surface area contributed by atoms with Gasteiger partial charge in [0.1, 0.15) is 11.4 Å². The van der Waals surface area contributed by atoms with Gasteiger partial charge in [0.15, 0.2) is 0 Å². The quantitative estimate of drug-likeness (QED) is 0.876. The third-order valence-corrected chi connectivity index (χ3v) is 4.13. The number of hydrogen-bond donors (Lipinski definition) is 1. The largest absolute Gasteiger partial charge is 0.382 e. The lowest BCUT2D eigenvalue weighted by molar-refractivity contribution is -0.0721. The molecule has 2 rings (SSSR count). The van der Waals surface area contributed by atoms with Gasteiger partial charge in [-0.1, -0.05) is 27.2 Å². The number of nitrogens with zero attached hydrogens (tertiary/aromatic N) is 2. The van der Waals surface area contributed by atoms with Crippen molar-refractivity contribution in [3.05, 3.63) is 18.2 Å². The maximum Gasteiger partial charge on any atom is 0.141 e. The molecule has 17 heavy (non-hydrogen) atoms. The minimum atomic E-state index is -0.726. The molecule has 3 atom stereocenters. The van der Waals surface area contributed by atoms with Crippen LogP contribution in [0, 0.1) is 11.8 Å². The van der Waals surface area contributed by atoms with Gasteiger partial charge >= 0.3 is 0 Å². The molecule has 0 saturated heterocycles. The Balaban J connectivity index is 2.31. The molecule has 1 saturated carbocycles. The van der Waals surface area contributed by atoms with Crippen molar-refractivity contribution in [1.82, 2.24) is 9.55 Å². The highest BCUT2D eigenvalue weighted by molar-refractivity contribution is 5.09. The average molecular weight is 236 g/mol. The van der Waals surface area contributed by atoms with Crippen molar-refractivity contribution in [3.8, 4) is 0 Å². The van der Waals surface area contributed by atoms with Gasteiger partial charge in [-0.25, -0.2) is 4.98 Å². The van der Waals surface area contributed by atoms with Gasteiger partial charge in [-0.05, 0) is 31.1 Å². The number of hydrogen-bond acceptors (Lipinski definition) is 2. The summed E-state index contributed by atoms with van der Waals surface area (Å²) in [6.45, 7) is 7.47. The molecule has 0 radical (unpaired) electrons. The van der Waals surface area contributed by atoms with Crippen LogP contribution in [0.5, 0.6) is 0 Å². The fourth-order valence-corrected chi connectivity index (χ4v) is 3.03. The normalized spacial score (nSPS) is 33.9. The van der Waals surface area contributed by atoms with Crippen LogP contribution in [-0.2, 0) is 12.1 Å². The van der Waals surface area contributed by atoms with Crippen LogP contribution in [0.15, 0.2) is 12.4 Å². The van der Waals surface area contributed by atoms with Crippen molar-refractivity contribution in [1.29, 1.82) is 0 Å². The number of aliphatic hydroxyl groups is 1. The summed E-state index contributed by atoms with van der Waals surface area (Å²) in [5.41, 5.74) is -0.726. The molecule has 1 aliphatic rings. The zero-order valence-corrected chi connectivity index (χ0v) is 11.2. The molecule has 1 N–H and O–H groups in total. The van der Waals surface area contributed by atoms with Crippen LogP contribution in [-0.4, -0.2) is 14.7 Å². The van der Waals surface area contributed by atoms with Crippen LogP contribution in [0.3, 0.4) is 0 Å². The summed E-state index contributed by atoms with van der Waals surface area (Å²) in [6, 6.07) is 0. The second-order valence-electron chi connectivity index (χ2n) is 5.66. The minimum Gasteiger partial charge on any atom is -0.382 e. The Kier molecular flexibility index (Phi) is 3.57. The molecule has 1 aliphatic carbocycles. The molecule has 0 spiro atoms. The fourth-order valence-electron chi connectivity index (χ4n) is 3.03. The molecule has 3 unspecified atom stereocenters. The van der Waals surface area contributed by atoms with E-state index in [1.54, 1.807) is 0 Å². The van der Waals surface area contributed by atoms with E-state index < -0.39 is 5.60 Å². The molecule has 3 nitrogen and oxygen atoms in total. The number of rotatable bonds is 3. The Morgan fingerprint density at radius 2 is 2.24 bits per heavy atom. The van der Waals surface area contributed by atoms with Gasteiger partial charge in [0, 0.05) is 18.9 Å². The monoisotopic (exact) mass is 236 g/mol. The van der Waals surface area contributed by atoms with Gasteiger partial charge in [0.25, 0.3) is 0 Å². The predicted octanol–water partition coefficient (Wildman–Crippen LogP) is 2.94. The van der Waals surface area contributed by atoms with E-state index in [-0.39, 0.29) is 0 Å². The van der Waals surface area contributed by atoms with Gasteiger partial charge in [0.2, 0.25) is 0 Å². The molecular weight excluding hydrogens is 212 g/mol. The lowest BCUT2D eigenvalue weighted by Crippen LogP contribution is -2.41.